The SMILES string of the molecule is CCOC(=O)COc1ccc(N2CCN(CCC3CCNCC3)[C@@H](Cc3ccc(OC)cc3)C2=O)cc1. The Balaban J connectivity index is 1.44. The molecule has 0 aliphatic carbocycles. The van der Waals surface area contributed by atoms with Gasteiger partial charge in [-0.1, -0.05) is 12.1 Å². The van der Waals surface area contributed by atoms with Gasteiger partial charge in [0.05, 0.1) is 19.8 Å². The second-order valence-electron chi connectivity index (χ2n) is 9.66. The predicted octanol–water partition coefficient (Wildman–Crippen LogP) is 3.29. The van der Waals surface area contributed by atoms with E-state index < -0.39 is 5.97 Å². The lowest BCUT2D eigenvalue weighted by atomic mass is 9.93. The largest absolute Gasteiger partial charge is 0.497 e. The quantitative estimate of drug-likeness (QED) is 0.466. The number of hydrogen-bond donors (Lipinski definition) is 1. The third-order valence-electron chi connectivity index (χ3n) is 7.28. The summed E-state index contributed by atoms with van der Waals surface area (Å²) >= 11 is 0. The Kier molecular flexibility index (Phi) is 9.79. The van der Waals surface area contributed by atoms with Crippen LogP contribution >= 0.6 is 0 Å². The van der Waals surface area contributed by atoms with Crippen LogP contribution in [-0.4, -0.2) is 75.9 Å². The van der Waals surface area contributed by atoms with E-state index >= 15 is 0 Å². The van der Waals surface area contributed by atoms with Crippen LogP contribution in [0, 0.1) is 5.92 Å². The van der Waals surface area contributed by atoms with Gasteiger partial charge >= 0.3 is 5.97 Å². The predicted molar refractivity (Wildman–Crippen MR) is 143 cm³/mol. The third-order valence-corrected chi connectivity index (χ3v) is 7.28. The topological polar surface area (TPSA) is 80.3 Å². The van der Waals surface area contributed by atoms with E-state index in [1.54, 1.807) is 26.2 Å². The molecule has 0 aromatic heterocycles. The number of carbonyl (C=O) groups is 2. The molecule has 2 saturated heterocycles. The molecule has 8 nitrogen and oxygen atoms in total. The lowest BCUT2D eigenvalue weighted by Crippen LogP contribution is -2.58. The van der Waals surface area contributed by atoms with E-state index in [1.807, 2.05) is 41.3 Å². The van der Waals surface area contributed by atoms with Crippen molar-refractivity contribution < 1.29 is 23.8 Å². The number of rotatable bonds is 11. The van der Waals surface area contributed by atoms with Crippen LogP contribution in [0.25, 0.3) is 0 Å². The number of anilines is 1. The zero-order valence-electron chi connectivity index (χ0n) is 22.0. The van der Waals surface area contributed by atoms with Gasteiger partial charge in [-0.15, -0.1) is 0 Å². The van der Waals surface area contributed by atoms with Gasteiger partial charge in [-0.25, -0.2) is 4.79 Å². The van der Waals surface area contributed by atoms with Gasteiger partial charge in [0.1, 0.15) is 11.5 Å². The summed E-state index contributed by atoms with van der Waals surface area (Å²) in [6, 6.07) is 15.1. The molecule has 2 heterocycles. The molecule has 0 spiro atoms. The van der Waals surface area contributed by atoms with E-state index in [0.29, 0.717) is 25.3 Å². The second-order valence-corrected chi connectivity index (χ2v) is 9.66. The summed E-state index contributed by atoms with van der Waals surface area (Å²) < 4.78 is 15.7. The number of nitrogens with zero attached hydrogens (tertiary/aromatic N) is 2. The van der Waals surface area contributed by atoms with Crippen molar-refractivity contribution in [1.82, 2.24) is 10.2 Å². The minimum Gasteiger partial charge on any atom is -0.497 e. The standard InChI is InChI=1S/C29H39N3O5/c1-3-36-28(33)21-37-26-10-6-24(7-11-26)32-19-18-31(17-14-22-12-15-30-16-13-22)27(29(32)34)20-23-4-8-25(35-2)9-5-23/h4-11,22,27,30H,3,12-21H2,1-2H3/t27-/m0/s1. The zero-order chi connectivity index (χ0) is 26.0. The maximum absolute atomic E-state index is 13.8. The fourth-order valence-electron chi connectivity index (χ4n) is 5.14. The molecular formula is C29H39N3O5. The van der Waals surface area contributed by atoms with Gasteiger partial charge in [0, 0.05) is 18.8 Å². The van der Waals surface area contributed by atoms with Gasteiger partial charge in [0.2, 0.25) is 5.91 Å². The summed E-state index contributed by atoms with van der Waals surface area (Å²) in [6.07, 6.45) is 4.20. The van der Waals surface area contributed by atoms with Gasteiger partial charge in [-0.05, 0) is 100 Å². The number of piperidine rings is 1. The molecule has 2 aliphatic heterocycles. The lowest BCUT2D eigenvalue weighted by Gasteiger charge is -2.41. The monoisotopic (exact) mass is 509 g/mol. The van der Waals surface area contributed by atoms with Crippen LogP contribution in [0.1, 0.15) is 31.7 Å². The second kappa shape index (κ2) is 13.4. The van der Waals surface area contributed by atoms with Gasteiger partial charge < -0.3 is 24.4 Å². The van der Waals surface area contributed by atoms with E-state index in [2.05, 4.69) is 10.2 Å². The summed E-state index contributed by atoms with van der Waals surface area (Å²) in [4.78, 5) is 29.7. The summed E-state index contributed by atoms with van der Waals surface area (Å²) in [5.74, 6) is 1.82. The van der Waals surface area contributed by atoms with E-state index in [1.165, 1.54) is 12.8 Å². The summed E-state index contributed by atoms with van der Waals surface area (Å²) in [5.41, 5.74) is 1.96. The Morgan fingerprint density at radius 3 is 2.38 bits per heavy atom. The summed E-state index contributed by atoms with van der Waals surface area (Å²) in [6.45, 7) is 6.55. The van der Waals surface area contributed by atoms with E-state index in [-0.39, 0.29) is 18.6 Å². The number of nitrogens with one attached hydrogen (secondary N) is 1. The molecule has 2 aromatic rings. The zero-order valence-corrected chi connectivity index (χ0v) is 22.0. The smallest absolute Gasteiger partial charge is 0.344 e. The van der Waals surface area contributed by atoms with Crippen LogP contribution in [-0.2, 0) is 20.7 Å². The van der Waals surface area contributed by atoms with E-state index in [0.717, 1.165) is 55.5 Å². The maximum Gasteiger partial charge on any atom is 0.344 e. The number of amides is 1. The van der Waals surface area contributed by atoms with Crippen LogP contribution in [0.5, 0.6) is 11.5 Å². The number of ether oxygens (including phenoxy) is 3. The van der Waals surface area contributed by atoms with Crippen molar-refractivity contribution in [2.75, 3.05) is 57.9 Å². The molecule has 2 aliphatic rings. The van der Waals surface area contributed by atoms with Crippen LogP contribution in [0.4, 0.5) is 5.69 Å². The highest BCUT2D eigenvalue weighted by molar-refractivity contribution is 5.98. The number of esters is 1. The molecular weight excluding hydrogens is 470 g/mol. The first-order valence-corrected chi connectivity index (χ1v) is 13.3. The van der Waals surface area contributed by atoms with Crippen molar-refractivity contribution in [3.63, 3.8) is 0 Å². The number of methoxy groups -OCH3 is 1. The molecule has 0 bridgehead atoms. The van der Waals surface area contributed by atoms with Crippen molar-refractivity contribution in [3.05, 3.63) is 54.1 Å². The average Bonchev–Trinajstić information content (AvgIpc) is 2.94. The van der Waals surface area contributed by atoms with Crippen LogP contribution < -0.4 is 19.7 Å². The highest BCUT2D eigenvalue weighted by Gasteiger charge is 2.35. The lowest BCUT2D eigenvalue weighted by molar-refractivity contribution is -0.145. The average molecular weight is 510 g/mol. The minimum absolute atomic E-state index is 0.118. The van der Waals surface area contributed by atoms with Gasteiger partial charge in [0.15, 0.2) is 6.61 Å². The van der Waals surface area contributed by atoms with E-state index in [9.17, 15) is 9.59 Å². The van der Waals surface area contributed by atoms with Crippen LogP contribution in [0.2, 0.25) is 0 Å². The number of benzene rings is 2. The van der Waals surface area contributed by atoms with Crippen LogP contribution in [0.3, 0.4) is 0 Å². The molecule has 4 rings (SSSR count). The fraction of sp³-hybridized carbons (Fsp3) is 0.517. The van der Waals surface area contributed by atoms with Gasteiger partial charge in [-0.3, -0.25) is 9.69 Å². The van der Waals surface area contributed by atoms with Crippen molar-refractivity contribution >= 4 is 17.6 Å². The first-order chi connectivity index (χ1) is 18.1. The molecule has 0 radical (unpaired) electrons. The van der Waals surface area contributed by atoms with Crippen molar-refractivity contribution in [2.45, 2.75) is 38.6 Å². The highest BCUT2D eigenvalue weighted by atomic mass is 16.6. The van der Waals surface area contributed by atoms with Crippen molar-refractivity contribution in [1.29, 1.82) is 0 Å². The van der Waals surface area contributed by atoms with E-state index in [4.69, 9.17) is 14.2 Å². The Morgan fingerprint density at radius 1 is 1.00 bits per heavy atom. The van der Waals surface area contributed by atoms with Gasteiger partial charge in [-0.2, -0.15) is 0 Å². The molecule has 2 aromatic carbocycles. The first kappa shape index (κ1) is 26.9. The molecule has 2 fully saturated rings. The summed E-state index contributed by atoms with van der Waals surface area (Å²) in [7, 11) is 1.66. The highest BCUT2D eigenvalue weighted by Crippen LogP contribution is 2.27. The Morgan fingerprint density at radius 2 is 1.70 bits per heavy atom. The third kappa shape index (κ3) is 7.46. The maximum atomic E-state index is 13.8. The van der Waals surface area contributed by atoms with Gasteiger partial charge in [0.25, 0.3) is 0 Å². The summed E-state index contributed by atoms with van der Waals surface area (Å²) in [5, 5.41) is 3.44. The molecule has 37 heavy (non-hydrogen) atoms. The van der Waals surface area contributed by atoms with Crippen molar-refractivity contribution in [3.8, 4) is 11.5 Å². The molecule has 1 N–H and O–H groups in total. The molecule has 1 atom stereocenters. The molecule has 8 heteroatoms. The number of carbonyl (C=O) groups excluding carboxylic acids is 2. The molecule has 0 saturated carbocycles. The molecule has 1 amide bonds. The fourth-order valence-corrected chi connectivity index (χ4v) is 5.14. The molecule has 200 valence electrons. The Labute approximate surface area is 219 Å². The minimum atomic E-state index is -0.399. The normalized spacial score (nSPS) is 19.0. The Hall–Kier alpha value is -3.10. The van der Waals surface area contributed by atoms with Crippen molar-refractivity contribution in [2.24, 2.45) is 5.92 Å². The van der Waals surface area contributed by atoms with Crippen LogP contribution in [0.15, 0.2) is 48.5 Å². The number of hydrogen-bond acceptors (Lipinski definition) is 7. The first-order valence-electron chi connectivity index (χ1n) is 13.3. The Bertz CT molecular complexity index is 1010. The number of piperazine rings is 1. The molecule has 0 unspecified atom stereocenters.